The molecule has 0 amide bonds. The summed E-state index contributed by atoms with van der Waals surface area (Å²) in [6.45, 7) is 6.20. The van der Waals surface area contributed by atoms with Crippen LogP contribution in [-0.2, 0) is 11.3 Å². The summed E-state index contributed by atoms with van der Waals surface area (Å²) in [6, 6.07) is 9.92. The Balaban J connectivity index is 2.38. The second-order valence-electron chi connectivity index (χ2n) is 5.63. The van der Waals surface area contributed by atoms with E-state index >= 15 is 0 Å². The first kappa shape index (κ1) is 17.5. The first-order chi connectivity index (χ1) is 10.1. The maximum atomic E-state index is 10.5. The van der Waals surface area contributed by atoms with Crippen LogP contribution in [-0.4, -0.2) is 17.3 Å². The van der Waals surface area contributed by atoms with Crippen molar-refractivity contribution in [2.24, 2.45) is 5.92 Å². The predicted octanol–water partition coefficient (Wildman–Crippen LogP) is 3.95. The maximum Gasteiger partial charge on any atom is 0.0988 e. The number of rotatable bonds is 10. The Morgan fingerprint density at radius 3 is 2.71 bits per heavy atom. The van der Waals surface area contributed by atoms with Gasteiger partial charge in [0, 0.05) is 0 Å². The summed E-state index contributed by atoms with van der Waals surface area (Å²) < 4.78 is 5.63. The van der Waals surface area contributed by atoms with Crippen LogP contribution >= 0.6 is 0 Å². The van der Waals surface area contributed by atoms with Gasteiger partial charge in [0.05, 0.1) is 24.7 Å². The summed E-state index contributed by atoms with van der Waals surface area (Å²) >= 11 is 0. The molecule has 1 aromatic rings. The molecule has 0 saturated carbocycles. The molecule has 1 N–H and O–H groups in total. The molecule has 1 aromatic carbocycles. The van der Waals surface area contributed by atoms with Crippen molar-refractivity contribution in [2.45, 2.75) is 44.8 Å². The van der Waals surface area contributed by atoms with E-state index in [1.165, 1.54) is 0 Å². The largest absolute Gasteiger partial charge is 0.386 e. The fourth-order valence-corrected chi connectivity index (χ4v) is 2.26. The predicted molar refractivity (Wildman–Crippen MR) is 87.7 cm³/mol. The third kappa shape index (κ3) is 6.62. The zero-order valence-corrected chi connectivity index (χ0v) is 12.9. The average molecular weight is 286 g/mol. The highest BCUT2D eigenvalue weighted by Crippen LogP contribution is 2.23. The minimum absolute atomic E-state index is 0.182. The van der Waals surface area contributed by atoms with Gasteiger partial charge in [-0.25, -0.2) is 0 Å². The van der Waals surface area contributed by atoms with E-state index < -0.39 is 5.60 Å². The number of unbranched alkanes of at least 4 members (excludes halogenated alkanes) is 2. The van der Waals surface area contributed by atoms with Gasteiger partial charge in [0.2, 0.25) is 0 Å². The van der Waals surface area contributed by atoms with E-state index in [4.69, 9.17) is 11.2 Å². The Hall–Kier alpha value is -1.56. The van der Waals surface area contributed by atoms with Crippen molar-refractivity contribution in [3.05, 3.63) is 48.6 Å². The Morgan fingerprint density at radius 2 is 2.10 bits per heavy atom. The smallest absolute Gasteiger partial charge is 0.0988 e. The molecule has 0 saturated heterocycles. The highest BCUT2D eigenvalue weighted by molar-refractivity contribution is 5.13. The molecule has 0 unspecified atom stereocenters. The lowest BCUT2D eigenvalue weighted by Gasteiger charge is -2.29. The number of allylic oxidation sites excluding steroid dienone is 1. The standard InChI is InChI=1S/C19H26O2/c1-4-6-7-11-14-18(5-2)19(3,20)16-21-15-17-12-9-8-10-13-17/h2,4,8-10,12-13,18,20H,1,6-7,11,14-16H2,3H3/t18-,19-/m0/s1. The van der Waals surface area contributed by atoms with Crippen LogP contribution in [0.4, 0.5) is 0 Å². The highest BCUT2D eigenvalue weighted by atomic mass is 16.5. The van der Waals surface area contributed by atoms with Crippen LogP contribution in [0.3, 0.4) is 0 Å². The molecule has 2 heteroatoms. The van der Waals surface area contributed by atoms with Gasteiger partial charge in [-0.15, -0.1) is 18.9 Å². The maximum absolute atomic E-state index is 10.5. The Kier molecular flexibility index (Phi) is 7.82. The Bertz CT molecular complexity index is 442. The second kappa shape index (κ2) is 9.39. The minimum Gasteiger partial charge on any atom is -0.386 e. The fraction of sp³-hybridized carbons (Fsp3) is 0.474. The van der Waals surface area contributed by atoms with Gasteiger partial charge in [0.25, 0.3) is 0 Å². The lowest BCUT2D eigenvalue weighted by atomic mass is 9.86. The third-order valence-electron chi connectivity index (χ3n) is 3.61. The van der Waals surface area contributed by atoms with E-state index in [9.17, 15) is 5.11 Å². The van der Waals surface area contributed by atoms with E-state index in [2.05, 4.69) is 12.5 Å². The van der Waals surface area contributed by atoms with Crippen molar-refractivity contribution in [1.29, 1.82) is 0 Å². The summed E-state index contributed by atoms with van der Waals surface area (Å²) in [5, 5.41) is 10.5. The number of aliphatic hydroxyl groups is 1. The molecule has 0 heterocycles. The number of hydrogen-bond acceptors (Lipinski definition) is 2. The van der Waals surface area contributed by atoms with Gasteiger partial charge in [-0.3, -0.25) is 0 Å². The second-order valence-corrected chi connectivity index (χ2v) is 5.63. The van der Waals surface area contributed by atoms with Crippen LogP contribution < -0.4 is 0 Å². The first-order valence-corrected chi connectivity index (χ1v) is 7.51. The molecular weight excluding hydrogens is 260 g/mol. The van der Waals surface area contributed by atoms with Crippen molar-refractivity contribution in [1.82, 2.24) is 0 Å². The van der Waals surface area contributed by atoms with Crippen molar-refractivity contribution in [3.63, 3.8) is 0 Å². The van der Waals surface area contributed by atoms with Crippen LogP contribution in [0.5, 0.6) is 0 Å². The molecule has 1 rings (SSSR count). The van der Waals surface area contributed by atoms with Gasteiger partial charge in [-0.05, 0) is 31.7 Å². The summed E-state index contributed by atoms with van der Waals surface area (Å²) in [7, 11) is 0. The van der Waals surface area contributed by atoms with Crippen molar-refractivity contribution in [2.75, 3.05) is 6.61 Å². The van der Waals surface area contributed by atoms with Crippen LogP contribution in [0.2, 0.25) is 0 Å². The number of terminal acetylenes is 1. The fourth-order valence-electron chi connectivity index (χ4n) is 2.26. The molecule has 114 valence electrons. The van der Waals surface area contributed by atoms with Crippen LogP contribution in [0.1, 0.15) is 38.2 Å². The highest BCUT2D eigenvalue weighted by Gasteiger charge is 2.30. The van der Waals surface area contributed by atoms with Gasteiger partial charge in [-0.1, -0.05) is 42.8 Å². The molecule has 0 aliphatic heterocycles. The van der Waals surface area contributed by atoms with E-state index in [1.807, 2.05) is 36.4 Å². The Morgan fingerprint density at radius 1 is 1.38 bits per heavy atom. The zero-order chi connectivity index (χ0) is 15.6. The molecule has 0 aliphatic carbocycles. The summed E-state index contributed by atoms with van der Waals surface area (Å²) in [6.07, 6.45) is 11.3. The number of hydrogen-bond donors (Lipinski definition) is 1. The van der Waals surface area contributed by atoms with Gasteiger partial charge in [0.1, 0.15) is 0 Å². The van der Waals surface area contributed by atoms with Crippen molar-refractivity contribution < 1.29 is 9.84 Å². The van der Waals surface area contributed by atoms with E-state index in [0.717, 1.165) is 31.2 Å². The molecule has 0 fully saturated rings. The van der Waals surface area contributed by atoms with Gasteiger partial charge in [0.15, 0.2) is 0 Å². The molecule has 21 heavy (non-hydrogen) atoms. The molecule has 0 aliphatic rings. The van der Waals surface area contributed by atoms with Crippen molar-refractivity contribution in [3.8, 4) is 12.3 Å². The van der Waals surface area contributed by atoms with Gasteiger partial charge < -0.3 is 9.84 Å². The molecular formula is C19H26O2. The molecule has 2 nitrogen and oxygen atoms in total. The first-order valence-electron chi connectivity index (χ1n) is 7.51. The monoisotopic (exact) mass is 286 g/mol. The molecule has 2 atom stereocenters. The average Bonchev–Trinajstić information content (AvgIpc) is 2.48. The van der Waals surface area contributed by atoms with Gasteiger partial charge in [-0.2, -0.15) is 0 Å². The van der Waals surface area contributed by atoms with E-state index in [1.54, 1.807) is 6.92 Å². The van der Waals surface area contributed by atoms with Crippen molar-refractivity contribution >= 4 is 0 Å². The molecule has 0 radical (unpaired) electrons. The summed E-state index contributed by atoms with van der Waals surface area (Å²) in [4.78, 5) is 0. The molecule has 0 spiro atoms. The quantitative estimate of drug-likeness (QED) is 0.401. The van der Waals surface area contributed by atoms with Gasteiger partial charge >= 0.3 is 0 Å². The van der Waals surface area contributed by atoms with E-state index in [0.29, 0.717) is 6.61 Å². The minimum atomic E-state index is -0.988. The topological polar surface area (TPSA) is 29.5 Å². The van der Waals surface area contributed by atoms with E-state index in [-0.39, 0.29) is 12.5 Å². The Labute approximate surface area is 128 Å². The zero-order valence-electron chi connectivity index (χ0n) is 12.9. The van der Waals surface area contributed by atoms with Crippen LogP contribution in [0, 0.1) is 18.3 Å². The molecule has 0 aromatic heterocycles. The SMILES string of the molecule is C#C[C@@H](CCCCC=C)[C@@](C)(O)COCc1ccccc1. The lowest BCUT2D eigenvalue weighted by molar-refractivity contribution is -0.0646. The third-order valence-corrected chi connectivity index (χ3v) is 3.61. The lowest BCUT2D eigenvalue weighted by Crippen LogP contribution is -2.38. The number of ether oxygens (including phenoxy) is 1. The molecule has 0 bridgehead atoms. The number of benzene rings is 1. The summed E-state index contributed by atoms with van der Waals surface area (Å²) in [5.74, 6) is 2.53. The van der Waals surface area contributed by atoms with Crippen LogP contribution in [0.25, 0.3) is 0 Å². The normalized spacial score (nSPS) is 14.9. The van der Waals surface area contributed by atoms with Crippen LogP contribution in [0.15, 0.2) is 43.0 Å². The summed E-state index contributed by atoms with van der Waals surface area (Å²) in [5.41, 5.74) is 0.106.